The van der Waals surface area contributed by atoms with Gasteiger partial charge in [0.05, 0.1) is 5.69 Å². The Hall–Kier alpha value is -4.38. The van der Waals surface area contributed by atoms with E-state index in [1.807, 2.05) is 19.9 Å². The maximum atomic E-state index is 13.6. The van der Waals surface area contributed by atoms with Gasteiger partial charge in [-0.3, -0.25) is 4.79 Å². The van der Waals surface area contributed by atoms with Crippen molar-refractivity contribution in [2.45, 2.75) is 58.8 Å². The van der Waals surface area contributed by atoms with Crippen LogP contribution in [0.3, 0.4) is 0 Å². The molecule has 4 aromatic rings. The van der Waals surface area contributed by atoms with Crippen LogP contribution in [0.2, 0.25) is 0 Å². The molecule has 0 unspecified atom stereocenters. The van der Waals surface area contributed by atoms with E-state index >= 15 is 0 Å². The van der Waals surface area contributed by atoms with Gasteiger partial charge in [0.15, 0.2) is 0 Å². The van der Waals surface area contributed by atoms with Crippen molar-refractivity contribution in [1.29, 1.82) is 0 Å². The Balaban J connectivity index is 1.16. The Morgan fingerprint density at radius 2 is 1.64 bits per heavy atom. The second kappa shape index (κ2) is 13.5. The summed E-state index contributed by atoms with van der Waals surface area (Å²) in [5.41, 5.74) is 4.80. The number of nitrogens with one attached hydrogen (secondary N) is 1. The van der Waals surface area contributed by atoms with Crippen LogP contribution in [0.25, 0.3) is 22.6 Å². The third kappa shape index (κ3) is 7.47. The summed E-state index contributed by atoms with van der Waals surface area (Å²) in [5.74, 6) is 7.49. The van der Waals surface area contributed by atoms with Crippen LogP contribution in [0, 0.1) is 36.3 Å². The van der Waals surface area contributed by atoms with Crippen molar-refractivity contribution in [1.82, 2.24) is 19.9 Å². The van der Waals surface area contributed by atoms with Gasteiger partial charge in [-0.05, 0) is 99.0 Å². The Bertz CT molecular complexity index is 1580. The molecule has 0 atom stereocenters. The number of nitrogens with zero attached hydrogens (tertiary/aromatic N) is 4. The number of anilines is 1. The first kappa shape index (κ1) is 29.1. The van der Waals surface area contributed by atoms with Crippen molar-refractivity contribution in [2.24, 2.45) is 5.92 Å². The van der Waals surface area contributed by atoms with Crippen molar-refractivity contribution in [3.05, 3.63) is 83.3 Å². The largest absolute Gasteiger partial charge is 0.341 e. The lowest BCUT2D eigenvalue weighted by molar-refractivity contribution is -0.120. The Morgan fingerprint density at radius 3 is 2.31 bits per heavy atom. The van der Waals surface area contributed by atoms with Gasteiger partial charge in [0.2, 0.25) is 5.95 Å². The number of piperidine rings is 1. The number of rotatable bonds is 9. The second-order valence-electron chi connectivity index (χ2n) is 10.8. The zero-order valence-electron chi connectivity index (χ0n) is 24.1. The molecule has 1 aliphatic rings. The number of carbonyl (C=O) groups excluding carboxylic acids is 1. The molecule has 1 saturated heterocycles. The van der Waals surface area contributed by atoms with Gasteiger partial charge >= 0.3 is 0 Å². The standard InChI is InChI=1S/C34H35F2N5O/c1-3-4-6-29-21-23(2)37-34(38-29)41-19-17-24(18-20-41)22-30(42)7-5-8-31-32(25-9-13-27(35)14-10-25)40-33(39-31)26-11-15-28(36)16-12-26/h9-16,21,24H,3,5,7-8,17-20,22H2,1-2H3,(H,39,40). The molecule has 0 radical (unpaired) electrons. The maximum Gasteiger partial charge on any atom is 0.226 e. The molecule has 0 aliphatic carbocycles. The van der Waals surface area contributed by atoms with E-state index in [2.05, 4.69) is 31.7 Å². The molecule has 8 heteroatoms. The highest BCUT2D eigenvalue weighted by atomic mass is 19.1. The highest BCUT2D eigenvalue weighted by Crippen LogP contribution is 2.29. The van der Waals surface area contributed by atoms with Gasteiger partial charge < -0.3 is 9.88 Å². The van der Waals surface area contributed by atoms with Crippen LogP contribution in [0.15, 0.2) is 54.6 Å². The average molecular weight is 568 g/mol. The molecule has 0 saturated carbocycles. The fourth-order valence-corrected chi connectivity index (χ4v) is 5.34. The normalized spacial score (nSPS) is 13.6. The number of aryl methyl sites for hydroxylation is 2. The van der Waals surface area contributed by atoms with Crippen molar-refractivity contribution in [3.8, 4) is 34.5 Å². The van der Waals surface area contributed by atoms with Gasteiger partial charge in [-0.1, -0.05) is 12.8 Å². The average Bonchev–Trinajstić information content (AvgIpc) is 3.41. The Kier molecular flexibility index (Phi) is 9.38. The van der Waals surface area contributed by atoms with E-state index in [4.69, 9.17) is 4.98 Å². The lowest BCUT2D eigenvalue weighted by atomic mass is 9.90. The zero-order valence-corrected chi connectivity index (χ0v) is 24.1. The van der Waals surface area contributed by atoms with Gasteiger partial charge in [-0.25, -0.2) is 23.7 Å². The number of aromatic nitrogens is 4. The number of halogens is 2. The van der Waals surface area contributed by atoms with E-state index in [0.29, 0.717) is 37.4 Å². The summed E-state index contributed by atoms with van der Waals surface area (Å²) in [5, 5.41) is 0. The minimum absolute atomic E-state index is 0.263. The van der Waals surface area contributed by atoms with Gasteiger partial charge in [-0.2, -0.15) is 0 Å². The van der Waals surface area contributed by atoms with Crippen LogP contribution in [0.1, 0.15) is 62.5 Å². The molecule has 2 aromatic carbocycles. The number of ketones is 1. The predicted octanol–water partition coefficient (Wildman–Crippen LogP) is 7.08. The molecule has 0 amide bonds. The quantitative estimate of drug-likeness (QED) is 0.219. The zero-order chi connectivity index (χ0) is 29.5. The smallest absolute Gasteiger partial charge is 0.226 e. The topological polar surface area (TPSA) is 74.8 Å². The van der Waals surface area contributed by atoms with Gasteiger partial charge in [0.25, 0.3) is 0 Å². The molecule has 216 valence electrons. The third-order valence-electron chi connectivity index (χ3n) is 7.55. The van der Waals surface area contributed by atoms with E-state index in [9.17, 15) is 13.6 Å². The Labute approximate surface area is 245 Å². The monoisotopic (exact) mass is 567 g/mol. The molecule has 2 aromatic heterocycles. The fourth-order valence-electron chi connectivity index (χ4n) is 5.34. The highest BCUT2D eigenvalue weighted by molar-refractivity contribution is 5.78. The summed E-state index contributed by atoms with van der Waals surface area (Å²) in [4.78, 5) is 32.5. The van der Waals surface area contributed by atoms with Crippen LogP contribution in [-0.4, -0.2) is 38.8 Å². The Morgan fingerprint density at radius 1 is 0.976 bits per heavy atom. The summed E-state index contributed by atoms with van der Waals surface area (Å²) in [6.45, 7) is 5.62. The third-order valence-corrected chi connectivity index (χ3v) is 7.55. The summed E-state index contributed by atoms with van der Waals surface area (Å²) in [7, 11) is 0. The number of hydrogen-bond donors (Lipinski definition) is 1. The van der Waals surface area contributed by atoms with Crippen molar-refractivity contribution < 1.29 is 13.6 Å². The molecule has 6 nitrogen and oxygen atoms in total. The first-order chi connectivity index (χ1) is 20.4. The van der Waals surface area contributed by atoms with Gasteiger partial charge in [0.1, 0.15) is 28.9 Å². The molecule has 42 heavy (non-hydrogen) atoms. The highest BCUT2D eigenvalue weighted by Gasteiger charge is 2.23. The number of Topliss-reactive ketones (excluding diaryl/α,β-unsaturated/α-hetero) is 1. The van der Waals surface area contributed by atoms with Crippen molar-refractivity contribution in [3.63, 3.8) is 0 Å². The number of benzene rings is 2. The number of carbonyl (C=O) groups is 1. The second-order valence-corrected chi connectivity index (χ2v) is 10.8. The minimum Gasteiger partial charge on any atom is -0.341 e. The van der Waals surface area contributed by atoms with E-state index in [1.165, 1.54) is 24.3 Å². The summed E-state index contributed by atoms with van der Waals surface area (Å²) < 4.78 is 27.0. The molecule has 3 heterocycles. The summed E-state index contributed by atoms with van der Waals surface area (Å²) >= 11 is 0. The van der Waals surface area contributed by atoms with E-state index in [1.54, 1.807) is 24.3 Å². The number of aromatic amines is 1. The molecule has 1 N–H and O–H groups in total. The molecular formula is C34H35F2N5O. The maximum absolute atomic E-state index is 13.6. The van der Waals surface area contributed by atoms with E-state index in [-0.39, 0.29) is 17.4 Å². The van der Waals surface area contributed by atoms with Crippen LogP contribution < -0.4 is 4.90 Å². The number of H-pyrrole nitrogens is 1. The molecule has 1 aliphatic heterocycles. The SMILES string of the molecule is CCC#Cc1cc(C)nc(N2CCC(CC(=O)CCCc3[nH]c(-c4ccc(F)cc4)nc3-c3ccc(F)cc3)CC2)n1. The molecule has 0 spiro atoms. The molecule has 5 rings (SSSR count). The van der Waals surface area contributed by atoms with Crippen LogP contribution in [0.4, 0.5) is 14.7 Å². The predicted molar refractivity (Wildman–Crippen MR) is 161 cm³/mol. The lowest BCUT2D eigenvalue weighted by Crippen LogP contribution is -2.35. The van der Waals surface area contributed by atoms with Crippen molar-refractivity contribution in [2.75, 3.05) is 18.0 Å². The molecule has 1 fully saturated rings. The fraction of sp³-hybridized carbons (Fsp3) is 0.353. The molecule has 0 bridgehead atoms. The summed E-state index contributed by atoms with van der Waals surface area (Å²) in [6.07, 6.45) is 4.99. The first-order valence-corrected chi connectivity index (χ1v) is 14.6. The van der Waals surface area contributed by atoms with Crippen molar-refractivity contribution >= 4 is 11.7 Å². The van der Waals surface area contributed by atoms with E-state index in [0.717, 1.165) is 72.2 Å². The lowest BCUT2D eigenvalue weighted by Gasteiger charge is -2.32. The first-order valence-electron chi connectivity index (χ1n) is 14.6. The van der Waals surface area contributed by atoms with Gasteiger partial charge in [-0.15, -0.1) is 0 Å². The minimum atomic E-state index is -0.316. The van der Waals surface area contributed by atoms with E-state index < -0.39 is 0 Å². The number of imidazole rings is 1. The summed E-state index contributed by atoms with van der Waals surface area (Å²) in [6, 6.07) is 14.3. The number of hydrogen-bond acceptors (Lipinski definition) is 5. The van der Waals surface area contributed by atoms with Crippen LogP contribution >= 0.6 is 0 Å². The van der Waals surface area contributed by atoms with Gasteiger partial charge in [0, 0.05) is 54.9 Å². The van der Waals surface area contributed by atoms with Crippen LogP contribution in [0.5, 0.6) is 0 Å². The molecular weight excluding hydrogens is 532 g/mol. The van der Waals surface area contributed by atoms with Crippen LogP contribution in [-0.2, 0) is 11.2 Å².